The Hall–Kier alpha value is -3.27. The first-order valence-electron chi connectivity index (χ1n) is 10.3. The smallest absolute Gasteiger partial charge is 0.251 e. The van der Waals surface area contributed by atoms with Gasteiger partial charge in [-0.1, -0.05) is 0 Å². The number of nitrogens with one attached hydrogen (secondary N) is 2. The van der Waals surface area contributed by atoms with Crippen molar-refractivity contribution in [2.75, 3.05) is 26.2 Å². The molecule has 0 spiro atoms. The minimum absolute atomic E-state index is 0.0227. The van der Waals surface area contributed by atoms with Crippen molar-refractivity contribution in [2.45, 2.75) is 32.4 Å². The molecule has 1 atom stereocenters. The standard InChI is InChI=1S/C21H25FN6O3/c1-14-4-8-24-28(14)9-6-20(29)27-10-11-31-18(13-27)21(30)23-7-5-19-25-16-3-2-15(22)12-17(16)26-19/h2-4,8,12,18H,5-7,9-11,13H2,1H3,(H,23,30)(H,25,26). The maximum Gasteiger partial charge on any atom is 0.251 e. The van der Waals surface area contributed by atoms with E-state index in [0.29, 0.717) is 55.9 Å². The van der Waals surface area contributed by atoms with Gasteiger partial charge in [0.05, 0.1) is 24.2 Å². The molecule has 2 N–H and O–H groups in total. The molecule has 4 rings (SSSR count). The van der Waals surface area contributed by atoms with Crippen LogP contribution >= 0.6 is 0 Å². The van der Waals surface area contributed by atoms with E-state index in [4.69, 9.17) is 4.74 Å². The van der Waals surface area contributed by atoms with Gasteiger partial charge in [-0.15, -0.1) is 0 Å². The number of ether oxygens (including phenoxy) is 1. The second-order valence-electron chi connectivity index (χ2n) is 7.53. The Labute approximate surface area is 178 Å². The molecule has 31 heavy (non-hydrogen) atoms. The number of hydrogen-bond donors (Lipinski definition) is 2. The number of H-pyrrole nitrogens is 1. The Morgan fingerprint density at radius 2 is 2.23 bits per heavy atom. The molecule has 1 saturated heterocycles. The number of fused-ring (bicyclic) bond motifs is 1. The quantitative estimate of drug-likeness (QED) is 0.588. The minimum atomic E-state index is -0.700. The van der Waals surface area contributed by atoms with Crippen LogP contribution in [0.2, 0.25) is 0 Å². The summed E-state index contributed by atoms with van der Waals surface area (Å²) in [5.74, 6) is 0.0496. The van der Waals surface area contributed by atoms with Crippen molar-refractivity contribution < 1.29 is 18.7 Å². The predicted octanol–water partition coefficient (Wildman–Crippen LogP) is 1.18. The molecule has 164 valence electrons. The summed E-state index contributed by atoms with van der Waals surface area (Å²) < 4.78 is 20.6. The topological polar surface area (TPSA) is 105 Å². The largest absolute Gasteiger partial charge is 0.365 e. The highest BCUT2D eigenvalue weighted by Gasteiger charge is 2.29. The van der Waals surface area contributed by atoms with Crippen LogP contribution in [0.15, 0.2) is 30.5 Å². The monoisotopic (exact) mass is 428 g/mol. The molecule has 0 aliphatic carbocycles. The molecule has 3 heterocycles. The van der Waals surface area contributed by atoms with Gasteiger partial charge >= 0.3 is 0 Å². The lowest BCUT2D eigenvalue weighted by Crippen LogP contribution is -2.52. The zero-order valence-electron chi connectivity index (χ0n) is 17.3. The molecule has 0 bridgehead atoms. The fourth-order valence-corrected chi connectivity index (χ4v) is 3.60. The van der Waals surface area contributed by atoms with E-state index in [1.165, 1.54) is 12.1 Å². The molecule has 1 aliphatic rings. The van der Waals surface area contributed by atoms with Crippen LogP contribution in [-0.4, -0.2) is 68.8 Å². The number of carbonyl (C=O) groups is 2. The summed E-state index contributed by atoms with van der Waals surface area (Å²) in [7, 11) is 0. The normalized spacial score (nSPS) is 16.6. The number of aromatic amines is 1. The lowest BCUT2D eigenvalue weighted by Gasteiger charge is -2.32. The van der Waals surface area contributed by atoms with E-state index in [1.807, 2.05) is 13.0 Å². The molecule has 2 aromatic heterocycles. The van der Waals surface area contributed by atoms with Gasteiger partial charge in [0.2, 0.25) is 5.91 Å². The van der Waals surface area contributed by atoms with Crippen LogP contribution in [0, 0.1) is 12.7 Å². The van der Waals surface area contributed by atoms with Gasteiger partial charge in [0.1, 0.15) is 11.6 Å². The summed E-state index contributed by atoms with van der Waals surface area (Å²) in [6.45, 7) is 3.82. The van der Waals surface area contributed by atoms with Gasteiger partial charge in [0, 0.05) is 44.4 Å². The van der Waals surface area contributed by atoms with Crippen LogP contribution in [-0.2, 0) is 27.3 Å². The molecule has 1 aromatic carbocycles. The third-order valence-electron chi connectivity index (χ3n) is 5.33. The van der Waals surface area contributed by atoms with Crippen molar-refractivity contribution in [3.8, 4) is 0 Å². The highest BCUT2D eigenvalue weighted by atomic mass is 19.1. The summed E-state index contributed by atoms with van der Waals surface area (Å²) in [4.78, 5) is 34.1. The van der Waals surface area contributed by atoms with Crippen molar-refractivity contribution in [1.82, 2.24) is 30.0 Å². The van der Waals surface area contributed by atoms with Crippen molar-refractivity contribution in [2.24, 2.45) is 0 Å². The van der Waals surface area contributed by atoms with Crippen LogP contribution in [0.4, 0.5) is 4.39 Å². The molecule has 10 heteroatoms. The Balaban J connectivity index is 1.24. The second-order valence-corrected chi connectivity index (χ2v) is 7.53. The molecule has 9 nitrogen and oxygen atoms in total. The molecule has 1 fully saturated rings. The number of halogens is 1. The Bertz CT molecular complexity index is 1080. The van der Waals surface area contributed by atoms with Crippen molar-refractivity contribution in [3.05, 3.63) is 47.8 Å². The number of benzene rings is 1. The Kier molecular flexibility index (Phi) is 6.26. The van der Waals surface area contributed by atoms with Crippen molar-refractivity contribution in [1.29, 1.82) is 0 Å². The number of imidazole rings is 1. The first-order valence-corrected chi connectivity index (χ1v) is 10.3. The predicted molar refractivity (Wildman–Crippen MR) is 111 cm³/mol. The van der Waals surface area contributed by atoms with Gasteiger partial charge in [-0.25, -0.2) is 9.37 Å². The SMILES string of the molecule is Cc1ccnn1CCC(=O)N1CCOC(C(=O)NCCc2nc3ccc(F)cc3[nH]2)C1. The first kappa shape index (κ1) is 21.0. The summed E-state index contributed by atoms with van der Waals surface area (Å²) >= 11 is 0. The zero-order chi connectivity index (χ0) is 21.8. The highest BCUT2D eigenvalue weighted by molar-refractivity contribution is 5.83. The van der Waals surface area contributed by atoms with Gasteiger partial charge in [0.15, 0.2) is 6.10 Å². The van der Waals surface area contributed by atoms with Crippen molar-refractivity contribution in [3.63, 3.8) is 0 Å². The third kappa shape index (κ3) is 5.08. The van der Waals surface area contributed by atoms with E-state index in [1.54, 1.807) is 21.8 Å². The Morgan fingerprint density at radius 1 is 1.35 bits per heavy atom. The van der Waals surface area contributed by atoms with Gasteiger partial charge in [-0.2, -0.15) is 5.10 Å². The zero-order valence-corrected chi connectivity index (χ0v) is 17.3. The molecular formula is C21H25FN6O3. The van der Waals surface area contributed by atoms with Crippen LogP contribution < -0.4 is 5.32 Å². The van der Waals surface area contributed by atoms with Gasteiger partial charge in [0.25, 0.3) is 5.91 Å². The van der Waals surface area contributed by atoms with E-state index >= 15 is 0 Å². The molecule has 0 saturated carbocycles. The number of aromatic nitrogens is 4. The highest BCUT2D eigenvalue weighted by Crippen LogP contribution is 2.13. The van der Waals surface area contributed by atoms with Gasteiger partial charge in [-0.3, -0.25) is 14.3 Å². The average molecular weight is 428 g/mol. The van der Waals surface area contributed by atoms with Crippen LogP contribution in [0.1, 0.15) is 17.9 Å². The first-order chi connectivity index (χ1) is 15.0. The maximum atomic E-state index is 13.3. The van der Waals surface area contributed by atoms with Crippen LogP contribution in [0.3, 0.4) is 0 Å². The molecule has 0 radical (unpaired) electrons. The molecule has 2 amide bonds. The van der Waals surface area contributed by atoms with Crippen LogP contribution in [0.5, 0.6) is 0 Å². The number of amides is 2. The minimum Gasteiger partial charge on any atom is -0.365 e. The number of aryl methyl sites for hydroxylation is 2. The molecule has 1 aliphatic heterocycles. The van der Waals surface area contributed by atoms with Gasteiger partial charge < -0.3 is 19.9 Å². The number of nitrogens with zero attached hydrogens (tertiary/aromatic N) is 4. The molecule has 3 aromatic rings. The number of rotatable bonds is 7. The summed E-state index contributed by atoms with van der Waals surface area (Å²) in [6, 6.07) is 6.25. The number of morpholine rings is 1. The number of hydrogen-bond acceptors (Lipinski definition) is 5. The summed E-state index contributed by atoms with van der Waals surface area (Å²) in [5.41, 5.74) is 2.30. The fourth-order valence-electron chi connectivity index (χ4n) is 3.60. The maximum absolute atomic E-state index is 13.3. The van der Waals surface area contributed by atoms with E-state index in [0.717, 1.165) is 5.69 Å². The van der Waals surface area contributed by atoms with Crippen LogP contribution in [0.25, 0.3) is 11.0 Å². The van der Waals surface area contributed by atoms with E-state index in [9.17, 15) is 14.0 Å². The molecular weight excluding hydrogens is 403 g/mol. The Morgan fingerprint density at radius 3 is 3.03 bits per heavy atom. The summed E-state index contributed by atoms with van der Waals surface area (Å²) in [6.07, 6.45) is 1.80. The lowest BCUT2D eigenvalue weighted by molar-refractivity contribution is -0.147. The average Bonchev–Trinajstić information content (AvgIpc) is 3.36. The van der Waals surface area contributed by atoms with E-state index < -0.39 is 6.10 Å². The number of carbonyl (C=O) groups excluding carboxylic acids is 2. The van der Waals surface area contributed by atoms with Crippen molar-refractivity contribution >= 4 is 22.8 Å². The second kappa shape index (κ2) is 9.25. The third-order valence-corrected chi connectivity index (χ3v) is 5.33. The summed E-state index contributed by atoms with van der Waals surface area (Å²) in [5, 5.41) is 7.01. The van der Waals surface area contributed by atoms with Gasteiger partial charge in [-0.05, 0) is 31.2 Å². The van der Waals surface area contributed by atoms with E-state index in [-0.39, 0.29) is 24.2 Å². The fraction of sp³-hybridized carbons (Fsp3) is 0.429. The molecule has 1 unspecified atom stereocenters. The lowest BCUT2D eigenvalue weighted by atomic mass is 10.2. The van der Waals surface area contributed by atoms with E-state index in [2.05, 4.69) is 20.4 Å².